The highest BCUT2D eigenvalue weighted by molar-refractivity contribution is 5.90. The fraction of sp³-hybridized carbons (Fsp3) is 0.750. The van der Waals surface area contributed by atoms with Gasteiger partial charge in [-0.2, -0.15) is 0 Å². The summed E-state index contributed by atoms with van der Waals surface area (Å²) in [6.07, 6.45) is 2.33. The minimum Gasteiger partial charge on any atom is -0.458 e. The van der Waals surface area contributed by atoms with E-state index in [0.29, 0.717) is 11.3 Å². The van der Waals surface area contributed by atoms with Gasteiger partial charge in [-0.15, -0.1) is 0 Å². The standard InChI is InChI=1S/C12H16O2/c1-6-7-4-8-9(12(8,2)3)5-10(7)14-11(6)13/h7-10H,1,4-5H2,2-3H3/t7-,8-,9+,10-/m1/s1. The Kier molecular flexibility index (Phi) is 1.36. The van der Waals surface area contributed by atoms with E-state index in [9.17, 15) is 4.79 Å². The topological polar surface area (TPSA) is 26.3 Å². The summed E-state index contributed by atoms with van der Waals surface area (Å²) in [7, 11) is 0. The van der Waals surface area contributed by atoms with Gasteiger partial charge in [0.15, 0.2) is 0 Å². The molecule has 2 nitrogen and oxygen atoms in total. The van der Waals surface area contributed by atoms with E-state index in [1.165, 1.54) is 0 Å². The van der Waals surface area contributed by atoms with Crippen molar-refractivity contribution in [3.8, 4) is 0 Å². The van der Waals surface area contributed by atoms with Crippen LogP contribution < -0.4 is 0 Å². The van der Waals surface area contributed by atoms with E-state index in [0.717, 1.165) is 30.3 Å². The maximum Gasteiger partial charge on any atom is 0.334 e. The number of carbonyl (C=O) groups excluding carboxylic acids is 1. The highest BCUT2D eigenvalue weighted by Crippen LogP contribution is 2.67. The maximum absolute atomic E-state index is 11.3. The van der Waals surface area contributed by atoms with Crippen molar-refractivity contribution in [1.82, 2.24) is 0 Å². The van der Waals surface area contributed by atoms with Crippen LogP contribution in [0.4, 0.5) is 0 Å². The minimum atomic E-state index is -0.154. The van der Waals surface area contributed by atoms with Crippen molar-refractivity contribution in [3.63, 3.8) is 0 Å². The molecule has 76 valence electrons. The molecule has 0 spiro atoms. The van der Waals surface area contributed by atoms with Crippen molar-refractivity contribution in [2.24, 2.45) is 23.2 Å². The van der Waals surface area contributed by atoms with Crippen LogP contribution in [-0.4, -0.2) is 12.1 Å². The molecule has 0 amide bonds. The highest BCUT2D eigenvalue weighted by atomic mass is 16.6. The molecule has 3 aliphatic rings. The molecule has 0 aromatic carbocycles. The lowest BCUT2D eigenvalue weighted by molar-refractivity contribution is -0.139. The predicted molar refractivity (Wildman–Crippen MR) is 52.5 cm³/mol. The molecule has 0 radical (unpaired) electrons. The van der Waals surface area contributed by atoms with Gasteiger partial charge >= 0.3 is 5.97 Å². The Morgan fingerprint density at radius 1 is 1.36 bits per heavy atom. The number of ether oxygens (including phenoxy) is 1. The summed E-state index contributed by atoms with van der Waals surface area (Å²) in [6, 6.07) is 0. The third-order valence-corrected chi connectivity index (χ3v) is 4.70. The van der Waals surface area contributed by atoms with Crippen LogP contribution in [0, 0.1) is 23.2 Å². The third-order valence-electron chi connectivity index (χ3n) is 4.70. The predicted octanol–water partition coefficient (Wildman–Crippen LogP) is 2.15. The average molecular weight is 192 g/mol. The zero-order chi connectivity index (χ0) is 10.1. The molecule has 2 aliphatic carbocycles. The first-order chi connectivity index (χ1) is 6.51. The SMILES string of the molecule is C=C1C(=O)O[C@@H]2C[C@H]3[C@@H](C[C@H]12)C3(C)C. The zero-order valence-corrected chi connectivity index (χ0v) is 8.75. The molecule has 1 aliphatic heterocycles. The Balaban J connectivity index is 1.85. The van der Waals surface area contributed by atoms with Gasteiger partial charge in [-0.25, -0.2) is 4.79 Å². The summed E-state index contributed by atoms with van der Waals surface area (Å²) >= 11 is 0. The molecule has 0 bridgehead atoms. The zero-order valence-electron chi connectivity index (χ0n) is 8.75. The van der Waals surface area contributed by atoms with Crippen LogP contribution in [-0.2, 0) is 9.53 Å². The smallest absolute Gasteiger partial charge is 0.334 e. The number of esters is 1. The number of carbonyl (C=O) groups is 1. The molecule has 4 atom stereocenters. The summed E-state index contributed by atoms with van der Waals surface area (Å²) in [5, 5.41) is 0. The molecule has 14 heavy (non-hydrogen) atoms. The lowest BCUT2D eigenvalue weighted by atomic mass is 9.84. The first-order valence-electron chi connectivity index (χ1n) is 5.41. The Morgan fingerprint density at radius 2 is 2.00 bits per heavy atom. The molecule has 1 heterocycles. The normalized spacial score (nSPS) is 48.1. The number of hydrogen-bond donors (Lipinski definition) is 0. The summed E-state index contributed by atoms with van der Waals surface area (Å²) in [5.74, 6) is 1.75. The van der Waals surface area contributed by atoms with Crippen molar-refractivity contribution in [3.05, 3.63) is 12.2 Å². The van der Waals surface area contributed by atoms with E-state index in [2.05, 4.69) is 20.4 Å². The van der Waals surface area contributed by atoms with E-state index >= 15 is 0 Å². The lowest BCUT2D eigenvalue weighted by Crippen LogP contribution is -2.22. The Bertz CT molecular complexity index is 329. The van der Waals surface area contributed by atoms with Gasteiger partial charge in [-0.1, -0.05) is 20.4 Å². The minimum absolute atomic E-state index is 0.151. The van der Waals surface area contributed by atoms with Gasteiger partial charge in [0.25, 0.3) is 0 Å². The van der Waals surface area contributed by atoms with E-state index < -0.39 is 0 Å². The largest absolute Gasteiger partial charge is 0.458 e. The molecule has 0 N–H and O–H groups in total. The second-order valence-corrected chi connectivity index (χ2v) is 5.58. The number of fused-ring (bicyclic) bond motifs is 2. The molecule has 0 aromatic heterocycles. The first kappa shape index (κ1) is 8.51. The third kappa shape index (κ3) is 0.844. The molecule has 3 fully saturated rings. The maximum atomic E-state index is 11.3. The van der Waals surface area contributed by atoms with Crippen molar-refractivity contribution >= 4 is 5.97 Å². The molecule has 1 saturated heterocycles. The van der Waals surface area contributed by atoms with E-state index in [1.54, 1.807) is 0 Å². The molecule has 0 unspecified atom stereocenters. The van der Waals surface area contributed by atoms with Gasteiger partial charge in [-0.3, -0.25) is 0 Å². The molecular formula is C12H16O2. The van der Waals surface area contributed by atoms with Gasteiger partial charge in [0.1, 0.15) is 6.10 Å². The monoisotopic (exact) mass is 192 g/mol. The fourth-order valence-corrected chi connectivity index (χ4v) is 3.49. The Labute approximate surface area is 84.3 Å². The summed E-state index contributed by atoms with van der Waals surface area (Å²) < 4.78 is 5.33. The van der Waals surface area contributed by atoms with E-state index in [-0.39, 0.29) is 12.1 Å². The number of hydrogen-bond acceptors (Lipinski definition) is 2. The van der Waals surface area contributed by atoms with Crippen molar-refractivity contribution < 1.29 is 9.53 Å². The second-order valence-electron chi connectivity index (χ2n) is 5.58. The lowest BCUT2D eigenvalue weighted by Gasteiger charge is -2.21. The highest BCUT2D eigenvalue weighted by Gasteiger charge is 2.63. The van der Waals surface area contributed by atoms with Crippen LogP contribution in [0.2, 0.25) is 0 Å². The van der Waals surface area contributed by atoms with Gasteiger partial charge in [-0.05, 0) is 30.1 Å². The van der Waals surface area contributed by atoms with Crippen molar-refractivity contribution in [2.75, 3.05) is 0 Å². The van der Waals surface area contributed by atoms with Crippen LogP contribution in [0.3, 0.4) is 0 Å². The quantitative estimate of drug-likeness (QED) is 0.434. The van der Waals surface area contributed by atoms with Crippen LogP contribution in [0.1, 0.15) is 26.7 Å². The van der Waals surface area contributed by atoms with Crippen molar-refractivity contribution in [2.45, 2.75) is 32.8 Å². The molecule has 0 aromatic rings. The van der Waals surface area contributed by atoms with Crippen molar-refractivity contribution in [1.29, 1.82) is 0 Å². The summed E-state index contributed by atoms with van der Waals surface area (Å²) in [5.41, 5.74) is 1.20. The van der Waals surface area contributed by atoms with Crippen LogP contribution in [0.15, 0.2) is 12.2 Å². The summed E-state index contributed by atoms with van der Waals surface area (Å²) in [4.78, 5) is 11.3. The molecule has 2 saturated carbocycles. The van der Waals surface area contributed by atoms with Gasteiger partial charge in [0.2, 0.25) is 0 Å². The Morgan fingerprint density at radius 3 is 2.71 bits per heavy atom. The van der Waals surface area contributed by atoms with Gasteiger partial charge in [0, 0.05) is 11.5 Å². The van der Waals surface area contributed by atoms with E-state index in [1.807, 2.05) is 0 Å². The van der Waals surface area contributed by atoms with Crippen LogP contribution in [0.25, 0.3) is 0 Å². The molecular weight excluding hydrogens is 176 g/mol. The first-order valence-corrected chi connectivity index (χ1v) is 5.41. The number of rotatable bonds is 0. The fourth-order valence-electron chi connectivity index (χ4n) is 3.49. The van der Waals surface area contributed by atoms with Gasteiger partial charge in [0.05, 0.1) is 0 Å². The second kappa shape index (κ2) is 2.23. The van der Waals surface area contributed by atoms with Crippen LogP contribution >= 0.6 is 0 Å². The van der Waals surface area contributed by atoms with Crippen LogP contribution in [0.5, 0.6) is 0 Å². The summed E-state index contributed by atoms with van der Waals surface area (Å²) in [6.45, 7) is 8.50. The van der Waals surface area contributed by atoms with Gasteiger partial charge < -0.3 is 4.74 Å². The molecule has 3 rings (SSSR count). The average Bonchev–Trinajstić information content (AvgIpc) is 2.52. The Hall–Kier alpha value is -0.790. The van der Waals surface area contributed by atoms with E-state index in [4.69, 9.17) is 4.74 Å². The molecule has 2 heteroatoms.